The molecular formula is C19H19NO4. The zero-order chi connectivity index (χ0) is 17.1. The zero-order valence-electron chi connectivity index (χ0n) is 13.7. The molecule has 0 aliphatic carbocycles. The summed E-state index contributed by atoms with van der Waals surface area (Å²) in [5.74, 6) is 0.271. The molecule has 24 heavy (non-hydrogen) atoms. The van der Waals surface area contributed by atoms with Crippen LogP contribution in [0.1, 0.15) is 26.3 Å². The Balaban J connectivity index is 1.72. The number of hydrogen-bond donors (Lipinski definition) is 0. The Kier molecular flexibility index (Phi) is 4.62. The van der Waals surface area contributed by atoms with Crippen LogP contribution < -0.4 is 4.74 Å². The molecule has 0 N–H and O–H groups in total. The Morgan fingerprint density at radius 2 is 1.50 bits per heavy atom. The van der Waals surface area contributed by atoms with E-state index in [4.69, 9.17) is 9.47 Å². The maximum absolute atomic E-state index is 12.4. The van der Waals surface area contributed by atoms with Gasteiger partial charge in [-0.1, -0.05) is 24.3 Å². The van der Waals surface area contributed by atoms with Crippen LogP contribution in [0.15, 0.2) is 48.5 Å². The van der Waals surface area contributed by atoms with Crippen LogP contribution >= 0.6 is 0 Å². The summed E-state index contributed by atoms with van der Waals surface area (Å²) in [6.45, 7) is 0.231. The first kappa shape index (κ1) is 16.2. The smallest absolute Gasteiger partial charge is 0.261 e. The number of methoxy groups -OCH3 is 2. The largest absolute Gasteiger partial charge is 0.497 e. The van der Waals surface area contributed by atoms with Crippen molar-refractivity contribution in [3.8, 4) is 5.75 Å². The van der Waals surface area contributed by atoms with Crippen molar-refractivity contribution < 1.29 is 19.1 Å². The highest BCUT2D eigenvalue weighted by Gasteiger charge is 2.36. The van der Waals surface area contributed by atoms with Gasteiger partial charge in [-0.25, -0.2) is 0 Å². The van der Waals surface area contributed by atoms with Gasteiger partial charge in [-0.3, -0.25) is 14.5 Å². The minimum Gasteiger partial charge on any atom is -0.497 e. The number of benzene rings is 2. The molecule has 124 valence electrons. The second kappa shape index (κ2) is 6.84. The number of carbonyl (C=O) groups excluding carboxylic acids is 2. The minimum atomic E-state index is -0.263. The normalized spacial score (nSPS) is 14.7. The van der Waals surface area contributed by atoms with Crippen LogP contribution in [0.2, 0.25) is 0 Å². The van der Waals surface area contributed by atoms with Crippen molar-refractivity contribution >= 4 is 11.8 Å². The standard InChI is InChI=1S/C19H19NO4/c1-23-14-9-7-13(8-10-14)11-15(24-2)12-20-18(21)16-5-3-4-6-17(16)19(20)22/h3-10,15H,11-12H2,1-2H3/t15-/m0/s1. The van der Waals surface area contributed by atoms with E-state index in [1.807, 2.05) is 24.3 Å². The third-order valence-corrected chi connectivity index (χ3v) is 4.22. The molecule has 1 aliphatic heterocycles. The van der Waals surface area contributed by atoms with Crippen LogP contribution in [-0.2, 0) is 11.2 Å². The third kappa shape index (κ3) is 3.03. The molecule has 0 bridgehead atoms. The zero-order valence-corrected chi connectivity index (χ0v) is 13.7. The van der Waals surface area contributed by atoms with Gasteiger partial charge in [0, 0.05) is 13.5 Å². The fraction of sp³-hybridized carbons (Fsp3) is 0.263. The SMILES string of the molecule is COc1ccc(C[C@@H](CN2C(=O)c3ccccc3C2=O)OC)cc1. The molecule has 1 heterocycles. The number of amides is 2. The molecule has 3 rings (SSSR count). The lowest BCUT2D eigenvalue weighted by atomic mass is 10.1. The molecule has 1 aliphatic rings. The number of nitrogens with zero attached hydrogens (tertiary/aromatic N) is 1. The lowest BCUT2D eigenvalue weighted by Crippen LogP contribution is -2.38. The Morgan fingerprint density at radius 1 is 0.917 bits per heavy atom. The summed E-state index contributed by atoms with van der Waals surface area (Å²) in [6, 6.07) is 14.5. The predicted octanol–water partition coefficient (Wildman–Crippen LogP) is 2.55. The Labute approximate surface area is 140 Å². The Hall–Kier alpha value is -2.66. The average molecular weight is 325 g/mol. The molecular weight excluding hydrogens is 306 g/mol. The van der Waals surface area contributed by atoms with Gasteiger partial charge in [0.1, 0.15) is 5.75 Å². The van der Waals surface area contributed by atoms with Gasteiger partial charge in [-0.15, -0.1) is 0 Å². The van der Waals surface area contributed by atoms with Crippen molar-refractivity contribution in [1.29, 1.82) is 0 Å². The van der Waals surface area contributed by atoms with Crippen LogP contribution in [0.4, 0.5) is 0 Å². The van der Waals surface area contributed by atoms with E-state index < -0.39 is 0 Å². The minimum absolute atomic E-state index is 0.231. The van der Waals surface area contributed by atoms with E-state index in [0.717, 1.165) is 11.3 Å². The quantitative estimate of drug-likeness (QED) is 0.766. The van der Waals surface area contributed by atoms with E-state index in [9.17, 15) is 9.59 Å². The fourth-order valence-corrected chi connectivity index (χ4v) is 2.86. The number of fused-ring (bicyclic) bond motifs is 1. The molecule has 2 aromatic carbocycles. The average Bonchev–Trinajstić information content (AvgIpc) is 2.87. The number of rotatable bonds is 6. The van der Waals surface area contributed by atoms with Gasteiger partial charge in [0.2, 0.25) is 0 Å². The highest BCUT2D eigenvalue weighted by Crippen LogP contribution is 2.23. The predicted molar refractivity (Wildman–Crippen MR) is 89.3 cm³/mol. The van der Waals surface area contributed by atoms with Crippen LogP contribution in [0.5, 0.6) is 5.75 Å². The molecule has 2 amide bonds. The second-order valence-corrected chi connectivity index (χ2v) is 5.68. The molecule has 0 fully saturated rings. The van der Waals surface area contributed by atoms with Gasteiger partial charge in [-0.2, -0.15) is 0 Å². The monoisotopic (exact) mass is 325 g/mol. The molecule has 0 spiro atoms. The van der Waals surface area contributed by atoms with Gasteiger partial charge in [-0.05, 0) is 29.8 Å². The number of carbonyl (C=O) groups is 2. The van der Waals surface area contributed by atoms with E-state index in [2.05, 4.69) is 0 Å². The third-order valence-electron chi connectivity index (χ3n) is 4.22. The first-order valence-corrected chi connectivity index (χ1v) is 7.75. The van der Waals surface area contributed by atoms with Crippen molar-refractivity contribution in [2.45, 2.75) is 12.5 Å². The summed E-state index contributed by atoms with van der Waals surface area (Å²) in [7, 11) is 3.21. The van der Waals surface area contributed by atoms with Gasteiger partial charge in [0.05, 0.1) is 30.9 Å². The van der Waals surface area contributed by atoms with Crippen LogP contribution in [0.3, 0.4) is 0 Å². The summed E-state index contributed by atoms with van der Waals surface area (Å²) >= 11 is 0. The molecule has 5 heteroatoms. The molecule has 0 aromatic heterocycles. The molecule has 0 saturated carbocycles. The van der Waals surface area contributed by atoms with Crippen molar-refractivity contribution in [3.05, 3.63) is 65.2 Å². The summed E-state index contributed by atoms with van der Waals surface area (Å²) in [5.41, 5.74) is 1.97. The van der Waals surface area contributed by atoms with Crippen molar-refractivity contribution in [2.75, 3.05) is 20.8 Å². The maximum Gasteiger partial charge on any atom is 0.261 e. The van der Waals surface area contributed by atoms with E-state index in [1.54, 1.807) is 38.5 Å². The lowest BCUT2D eigenvalue weighted by Gasteiger charge is -2.21. The molecule has 0 saturated heterocycles. The first-order valence-electron chi connectivity index (χ1n) is 7.75. The highest BCUT2D eigenvalue weighted by molar-refractivity contribution is 6.21. The topological polar surface area (TPSA) is 55.8 Å². The van der Waals surface area contributed by atoms with E-state index in [1.165, 1.54) is 4.90 Å². The summed E-state index contributed by atoms with van der Waals surface area (Å²) in [5, 5.41) is 0. The summed E-state index contributed by atoms with van der Waals surface area (Å²) < 4.78 is 10.6. The number of hydrogen-bond acceptors (Lipinski definition) is 4. The van der Waals surface area contributed by atoms with E-state index >= 15 is 0 Å². The van der Waals surface area contributed by atoms with E-state index in [-0.39, 0.29) is 24.5 Å². The molecule has 5 nitrogen and oxygen atoms in total. The van der Waals surface area contributed by atoms with E-state index in [0.29, 0.717) is 17.5 Å². The maximum atomic E-state index is 12.4. The van der Waals surface area contributed by atoms with Crippen LogP contribution in [0, 0.1) is 0 Å². The van der Waals surface area contributed by atoms with Gasteiger partial charge < -0.3 is 9.47 Å². The van der Waals surface area contributed by atoms with Gasteiger partial charge >= 0.3 is 0 Å². The highest BCUT2D eigenvalue weighted by atomic mass is 16.5. The molecule has 2 aromatic rings. The first-order chi connectivity index (χ1) is 11.6. The van der Waals surface area contributed by atoms with Gasteiger partial charge in [0.15, 0.2) is 0 Å². The molecule has 0 unspecified atom stereocenters. The van der Waals surface area contributed by atoms with Crippen LogP contribution in [0.25, 0.3) is 0 Å². The van der Waals surface area contributed by atoms with Gasteiger partial charge in [0.25, 0.3) is 11.8 Å². The Morgan fingerprint density at radius 3 is 2.00 bits per heavy atom. The molecule has 1 atom stereocenters. The number of ether oxygens (including phenoxy) is 2. The Bertz CT molecular complexity index is 719. The second-order valence-electron chi connectivity index (χ2n) is 5.68. The van der Waals surface area contributed by atoms with Crippen molar-refractivity contribution in [2.24, 2.45) is 0 Å². The van der Waals surface area contributed by atoms with Crippen molar-refractivity contribution in [1.82, 2.24) is 4.90 Å². The lowest BCUT2D eigenvalue weighted by molar-refractivity contribution is 0.0442. The number of imide groups is 1. The molecule has 0 radical (unpaired) electrons. The van der Waals surface area contributed by atoms with Crippen molar-refractivity contribution in [3.63, 3.8) is 0 Å². The summed E-state index contributed by atoms with van der Waals surface area (Å²) in [6.07, 6.45) is 0.342. The summed E-state index contributed by atoms with van der Waals surface area (Å²) in [4.78, 5) is 26.1. The van der Waals surface area contributed by atoms with Crippen LogP contribution in [-0.4, -0.2) is 43.6 Å². The fourth-order valence-electron chi connectivity index (χ4n) is 2.86.